The van der Waals surface area contributed by atoms with Crippen LogP contribution in [0.4, 0.5) is 0 Å². The first-order valence-electron chi connectivity index (χ1n) is 15.3. The summed E-state index contributed by atoms with van der Waals surface area (Å²) in [5.74, 6) is -1.51. The highest BCUT2D eigenvalue weighted by Gasteiger charge is 2.33. The number of para-hydroxylation sites is 1. The van der Waals surface area contributed by atoms with Gasteiger partial charge in [0.2, 0.25) is 23.6 Å². The number of hydrogen-bond acceptors (Lipinski definition) is 5. The monoisotopic (exact) mass is 608 g/mol. The number of carbonyl (C=O) groups is 4. The molecule has 10 heteroatoms. The molecule has 0 aliphatic carbocycles. The van der Waals surface area contributed by atoms with Gasteiger partial charge in [-0.2, -0.15) is 0 Å². The average Bonchev–Trinajstić information content (AvgIpc) is 3.46. The normalized spacial score (nSPS) is 21.0. The second kappa shape index (κ2) is 14.7. The second-order valence-electron chi connectivity index (χ2n) is 11.5. The van der Waals surface area contributed by atoms with Gasteiger partial charge in [-0.05, 0) is 29.7 Å². The molecule has 0 unspecified atom stereocenters. The zero-order chi connectivity index (χ0) is 31.8. The second-order valence-corrected chi connectivity index (χ2v) is 11.5. The van der Waals surface area contributed by atoms with E-state index in [-0.39, 0.29) is 31.3 Å². The first-order valence-corrected chi connectivity index (χ1v) is 15.3. The zero-order valence-corrected chi connectivity index (χ0v) is 25.7. The number of fused-ring (bicyclic) bond motifs is 1. The molecule has 0 saturated carbocycles. The summed E-state index contributed by atoms with van der Waals surface area (Å²) in [7, 11) is 1.55. The molecule has 1 aromatic heterocycles. The van der Waals surface area contributed by atoms with Crippen LogP contribution in [0.3, 0.4) is 0 Å². The molecule has 1 aliphatic heterocycles. The molecule has 10 nitrogen and oxygen atoms in total. The molecular weight excluding hydrogens is 568 g/mol. The summed E-state index contributed by atoms with van der Waals surface area (Å²) < 4.78 is 0. The molecule has 4 amide bonds. The summed E-state index contributed by atoms with van der Waals surface area (Å²) in [4.78, 5) is 60.9. The van der Waals surface area contributed by atoms with E-state index in [2.05, 4.69) is 20.9 Å². The Labute approximate surface area is 263 Å². The summed E-state index contributed by atoms with van der Waals surface area (Å²) >= 11 is 0. The van der Waals surface area contributed by atoms with Crippen LogP contribution < -0.4 is 16.0 Å². The highest BCUT2D eigenvalue weighted by atomic mass is 16.2. The van der Waals surface area contributed by atoms with Crippen molar-refractivity contribution in [3.05, 3.63) is 108 Å². The summed E-state index contributed by atoms with van der Waals surface area (Å²) in [5, 5.41) is 9.76. The van der Waals surface area contributed by atoms with Crippen LogP contribution in [0.25, 0.3) is 10.9 Å². The highest BCUT2D eigenvalue weighted by Crippen LogP contribution is 2.20. The van der Waals surface area contributed by atoms with Crippen LogP contribution in [0.15, 0.2) is 91.1 Å². The van der Waals surface area contributed by atoms with E-state index in [1.807, 2.05) is 96.0 Å². The number of aromatic amines is 1. The van der Waals surface area contributed by atoms with Crippen LogP contribution in [0.5, 0.6) is 0 Å². The van der Waals surface area contributed by atoms with E-state index in [4.69, 9.17) is 0 Å². The highest BCUT2D eigenvalue weighted by molar-refractivity contribution is 5.95. The molecule has 5 rings (SSSR count). The standard InChI is InChI=1S/C35H40N6O4/c1-24-33(43)39-30(19-25-11-5-3-6-12-25)34(44)36-17-18-41(22-26-13-7-4-8-14-26)23-32(42)38-31(35(45)40(24)2)20-27-21-37-29-16-10-9-15-28(27)29/h3-16,21,24,30-31,37H,17-20,22-23H2,1-2H3,(H,36,44)(H,38,42)(H,39,43)/t24-,30-,31-/m0/s1. The maximum absolute atomic E-state index is 14.0. The molecule has 0 radical (unpaired) electrons. The number of nitrogens with one attached hydrogen (secondary N) is 4. The molecule has 4 aromatic rings. The number of rotatable bonds is 6. The van der Waals surface area contributed by atoms with Gasteiger partial charge in [0, 0.05) is 56.6 Å². The van der Waals surface area contributed by atoms with E-state index in [0.29, 0.717) is 19.5 Å². The van der Waals surface area contributed by atoms with Gasteiger partial charge in [-0.3, -0.25) is 24.1 Å². The zero-order valence-electron chi connectivity index (χ0n) is 25.7. The van der Waals surface area contributed by atoms with E-state index < -0.39 is 29.9 Å². The van der Waals surface area contributed by atoms with Crippen LogP contribution in [-0.4, -0.2) is 83.2 Å². The molecule has 234 valence electrons. The largest absolute Gasteiger partial charge is 0.361 e. The van der Waals surface area contributed by atoms with Gasteiger partial charge in [0.1, 0.15) is 18.1 Å². The van der Waals surface area contributed by atoms with Crippen molar-refractivity contribution < 1.29 is 19.2 Å². The minimum atomic E-state index is -0.916. The molecule has 2 heterocycles. The Morgan fingerprint density at radius 2 is 1.42 bits per heavy atom. The van der Waals surface area contributed by atoms with E-state index in [9.17, 15) is 19.2 Å². The van der Waals surface area contributed by atoms with Gasteiger partial charge in [-0.15, -0.1) is 0 Å². The smallest absolute Gasteiger partial charge is 0.245 e. The number of benzene rings is 3. The number of amides is 4. The van der Waals surface area contributed by atoms with Crippen molar-refractivity contribution in [2.24, 2.45) is 0 Å². The van der Waals surface area contributed by atoms with Gasteiger partial charge in [-0.25, -0.2) is 0 Å². The summed E-state index contributed by atoms with van der Waals surface area (Å²) in [5.41, 5.74) is 3.72. The Balaban J connectivity index is 1.44. The van der Waals surface area contributed by atoms with Crippen molar-refractivity contribution >= 4 is 34.5 Å². The molecule has 1 fully saturated rings. The number of nitrogens with zero attached hydrogens (tertiary/aromatic N) is 2. The van der Waals surface area contributed by atoms with E-state index in [0.717, 1.165) is 27.6 Å². The van der Waals surface area contributed by atoms with Gasteiger partial charge in [0.25, 0.3) is 0 Å². The first kappa shape index (κ1) is 31.5. The fourth-order valence-corrected chi connectivity index (χ4v) is 5.64. The third kappa shape index (κ3) is 8.16. The van der Waals surface area contributed by atoms with Gasteiger partial charge in [0.05, 0.1) is 6.54 Å². The lowest BCUT2D eigenvalue weighted by Gasteiger charge is -2.30. The van der Waals surface area contributed by atoms with Crippen LogP contribution >= 0.6 is 0 Å². The molecule has 3 atom stereocenters. The van der Waals surface area contributed by atoms with Gasteiger partial charge in [-0.1, -0.05) is 78.9 Å². The quantitative estimate of drug-likeness (QED) is 0.268. The molecule has 0 bridgehead atoms. The number of H-pyrrole nitrogens is 1. The molecule has 1 aliphatic rings. The number of aromatic nitrogens is 1. The average molecular weight is 609 g/mol. The van der Waals surface area contributed by atoms with E-state index in [1.54, 1.807) is 14.0 Å². The minimum Gasteiger partial charge on any atom is -0.361 e. The van der Waals surface area contributed by atoms with Crippen molar-refractivity contribution in [1.82, 2.24) is 30.7 Å². The molecule has 45 heavy (non-hydrogen) atoms. The summed E-state index contributed by atoms with van der Waals surface area (Å²) in [6, 6.07) is 24.4. The fourth-order valence-electron chi connectivity index (χ4n) is 5.64. The molecule has 4 N–H and O–H groups in total. The van der Waals surface area contributed by atoms with Crippen LogP contribution in [0.2, 0.25) is 0 Å². The maximum Gasteiger partial charge on any atom is 0.245 e. The van der Waals surface area contributed by atoms with Crippen molar-refractivity contribution in [3.8, 4) is 0 Å². The van der Waals surface area contributed by atoms with Crippen molar-refractivity contribution in [2.75, 3.05) is 26.7 Å². The lowest BCUT2D eigenvalue weighted by Crippen LogP contribution is -2.57. The Hall–Kier alpha value is -4.96. The maximum atomic E-state index is 14.0. The van der Waals surface area contributed by atoms with Crippen LogP contribution in [-0.2, 0) is 38.6 Å². The van der Waals surface area contributed by atoms with E-state index >= 15 is 0 Å². The van der Waals surface area contributed by atoms with Crippen LogP contribution in [0, 0.1) is 0 Å². The molecular formula is C35H40N6O4. The Morgan fingerprint density at radius 3 is 2.16 bits per heavy atom. The number of likely N-dealkylation sites (N-methyl/N-ethyl adjacent to an activating group) is 1. The van der Waals surface area contributed by atoms with Gasteiger partial charge < -0.3 is 25.8 Å². The fraction of sp³-hybridized carbons (Fsp3) is 0.314. The third-order valence-electron chi connectivity index (χ3n) is 8.30. The number of carbonyl (C=O) groups excluding carboxylic acids is 4. The third-order valence-corrected chi connectivity index (χ3v) is 8.30. The SMILES string of the molecule is C[C@H]1C(=O)N[C@@H](Cc2ccccc2)C(=O)NCCN(Cc2ccccc2)CC(=O)N[C@@H](Cc2c[nH]c3ccccc23)C(=O)N1C. The Bertz CT molecular complexity index is 1620. The van der Waals surface area contributed by atoms with Gasteiger partial charge in [0.15, 0.2) is 0 Å². The summed E-state index contributed by atoms with van der Waals surface area (Å²) in [6.07, 6.45) is 2.38. The lowest BCUT2D eigenvalue weighted by atomic mass is 10.0. The van der Waals surface area contributed by atoms with Gasteiger partial charge >= 0.3 is 0 Å². The summed E-state index contributed by atoms with van der Waals surface area (Å²) in [6.45, 7) is 2.78. The molecule has 1 saturated heterocycles. The van der Waals surface area contributed by atoms with E-state index in [1.165, 1.54) is 4.90 Å². The first-order chi connectivity index (χ1) is 21.8. The van der Waals surface area contributed by atoms with Crippen molar-refractivity contribution in [1.29, 1.82) is 0 Å². The predicted molar refractivity (Wildman–Crippen MR) is 173 cm³/mol. The van der Waals surface area contributed by atoms with Crippen molar-refractivity contribution in [2.45, 2.75) is 44.4 Å². The van der Waals surface area contributed by atoms with Crippen LogP contribution in [0.1, 0.15) is 23.6 Å². The predicted octanol–water partition coefficient (Wildman–Crippen LogP) is 2.40. The number of hydrogen-bond donors (Lipinski definition) is 4. The van der Waals surface area contributed by atoms with Crippen molar-refractivity contribution in [3.63, 3.8) is 0 Å². The molecule has 0 spiro atoms. The Morgan fingerprint density at radius 1 is 0.756 bits per heavy atom. The molecule has 3 aromatic carbocycles. The Kier molecular flexibility index (Phi) is 10.3. The topological polar surface area (TPSA) is 127 Å². The lowest BCUT2D eigenvalue weighted by molar-refractivity contribution is -0.142. The minimum absolute atomic E-state index is 0.0202.